The maximum atomic E-state index is 12.5. The van der Waals surface area contributed by atoms with Gasteiger partial charge in [-0.1, -0.05) is 17.7 Å². The molecule has 150 valence electrons. The molecule has 0 unspecified atom stereocenters. The molecule has 1 heterocycles. The van der Waals surface area contributed by atoms with Crippen molar-refractivity contribution in [1.29, 1.82) is 0 Å². The Morgan fingerprint density at radius 3 is 2.21 bits per heavy atom. The van der Waals surface area contributed by atoms with E-state index in [2.05, 4.69) is 20.2 Å². The van der Waals surface area contributed by atoms with Crippen LogP contribution in [0.4, 0.5) is 11.4 Å². The van der Waals surface area contributed by atoms with Gasteiger partial charge in [-0.25, -0.2) is 8.42 Å². The Morgan fingerprint density at radius 2 is 1.62 bits per heavy atom. The van der Waals surface area contributed by atoms with Crippen LogP contribution in [0.1, 0.15) is 32.1 Å². The molecule has 0 saturated heterocycles. The van der Waals surface area contributed by atoms with E-state index in [1.807, 2.05) is 6.92 Å². The van der Waals surface area contributed by atoms with Gasteiger partial charge in [0, 0.05) is 11.3 Å². The van der Waals surface area contributed by atoms with Crippen LogP contribution in [0, 0.1) is 13.8 Å². The molecule has 5 N–H and O–H groups in total. The monoisotopic (exact) mass is 413 g/mol. The van der Waals surface area contributed by atoms with Crippen molar-refractivity contribution in [2.45, 2.75) is 18.7 Å². The molecule has 0 aliphatic carbocycles. The van der Waals surface area contributed by atoms with Gasteiger partial charge >= 0.3 is 0 Å². The second-order valence-corrected chi connectivity index (χ2v) is 8.07. The average molecular weight is 413 g/mol. The van der Waals surface area contributed by atoms with Gasteiger partial charge in [-0.05, 0) is 50.2 Å². The molecule has 0 bridgehead atoms. The van der Waals surface area contributed by atoms with Gasteiger partial charge in [0.2, 0.25) is 0 Å². The highest BCUT2D eigenvalue weighted by atomic mass is 32.2. The zero-order valence-electron chi connectivity index (χ0n) is 15.7. The number of hydrogen-bond acceptors (Lipinski definition) is 5. The van der Waals surface area contributed by atoms with E-state index in [4.69, 9.17) is 5.73 Å². The van der Waals surface area contributed by atoms with Crippen molar-refractivity contribution in [2.75, 3.05) is 10.0 Å². The SMILES string of the molecule is Cc1ccc(NS(=O)(=O)c2ccc(C(=O)Nc3c(C(N)=O)n[nH]c3C)cc2)cc1. The van der Waals surface area contributed by atoms with Crippen molar-refractivity contribution in [1.82, 2.24) is 10.2 Å². The number of nitrogens with one attached hydrogen (secondary N) is 3. The number of benzene rings is 2. The molecule has 3 rings (SSSR count). The van der Waals surface area contributed by atoms with E-state index >= 15 is 0 Å². The van der Waals surface area contributed by atoms with Gasteiger partial charge < -0.3 is 11.1 Å². The van der Waals surface area contributed by atoms with Crippen molar-refractivity contribution in [3.05, 3.63) is 71.0 Å². The average Bonchev–Trinajstić information content (AvgIpc) is 3.04. The number of aryl methyl sites for hydroxylation is 2. The first-order valence-electron chi connectivity index (χ1n) is 8.53. The molecule has 0 radical (unpaired) electrons. The molecule has 2 amide bonds. The quantitative estimate of drug-likeness (QED) is 0.489. The van der Waals surface area contributed by atoms with Gasteiger partial charge in [0.05, 0.1) is 16.3 Å². The van der Waals surface area contributed by atoms with E-state index in [9.17, 15) is 18.0 Å². The fraction of sp³-hybridized carbons (Fsp3) is 0.105. The highest BCUT2D eigenvalue weighted by Gasteiger charge is 2.19. The zero-order valence-corrected chi connectivity index (χ0v) is 16.5. The van der Waals surface area contributed by atoms with Gasteiger partial charge in [0.1, 0.15) is 0 Å². The highest BCUT2D eigenvalue weighted by Crippen LogP contribution is 2.20. The van der Waals surface area contributed by atoms with E-state index in [0.29, 0.717) is 11.4 Å². The lowest BCUT2D eigenvalue weighted by molar-refractivity contribution is 0.0996. The van der Waals surface area contributed by atoms with E-state index in [-0.39, 0.29) is 21.8 Å². The van der Waals surface area contributed by atoms with Crippen LogP contribution in [-0.4, -0.2) is 30.4 Å². The van der Waals surface area contributed by atoms with E-state index in [1.54, 1.807) is 31.2 Å². The summed E-state index contributed by atoms with van der Waals surface area (Å²) in [5.41, 5.74) is 7.45. The molecular weight excluding hydrogens is 394 g/mol. The smallest absolute Gasteiger partial charge is 0.271 e. The van der Waals surface area contributed by atoms with Gasteiger partial charge in [-0.15, -0.1) is 0 Å². The topological polar surface area (TPSA) is 147 Å². The van der Waals surface area contributed by atoms with Crippen LogP contribution in [0.25, 0.3) is 0 Å². The molecule has 2 aromatic carbocycles. The summed E-state index contributed by atoms with van der Waals surface area (Å²) in [7, 11) is -3.80. The minimum atomic E-state index is -3.80. The fourth-order valence-corrected chi connectivity index (χ4v) is 3.63. The minimum Gasteiger partial charge on any atom is -0.364 e. The molecule has 0 atom stereocenters. The number of amides is 2. The van der Waals surface area contributed by atoms with Crippen molar-refractivity contribution in [3.8, 4) is 0 Å². The number of rotatable bonds is 6. The van der Waals surface area contributed by atoms with E-state index in [1.165, 1.54) is 24.3 Å². The molecule has 3 aromatic rings. The Hall–Kier alpha value is -3.66. The molecule has 1 aromatic heterocycles. The molecule has 10 heteroatoms. The Balaban J connectivity index is 1.77. The Bertz CT molecular complexity index is 1170. The van der Waals surface area contributed by atoms with E-state index < -0.39 is 21.8 Å². The number of anilines is 2. The first-order chi connectivity index (χ1) is 13.7. The number of sulfonamides is 1. The lowest BCUT2D eigenvalue weighted by Crippen LogP contribution is -2.18. The van der Waals surface area contributed by atoms with Crippen molar-refractivity contribution >= 4 is 33.2 Å². The number of primary amides is 1. The number of nitrogens with zero attached hydrogens (tertiary/aromatic N) is 1. The summed E-state index contributed by atoms with van der Waals surface area (Å²) in [5, 5.41) is 8.89. The third kappa shape index (κ3) is 4.43. The number of carbonyl (C=O) groups excluding carboxylic acids is 2. The Labute approximate surface area is 167 Å². The molecule has 0 spiro atoms. The van der Waals surface area contributed by atoms with Crippen molar-refractivity contribution in [2.24, 2.45) is 5.73 Å². The summed E-state index contributed by atoms with van der Waals surface area (Å²) in [4.78, 5) is 23.9. The third-order valence-corrected chi connectivity index (χ3v) is 5.55. The summed E-state index contributed by atoms with van der Waals surface area (Å²) in [6, 6.07) is 12.3. The minimum absolute atomic E-state index is 0.00643. The van der Waals surface area contributed by atoms with Gasteiger partial charge in [0.25, 0.3) is 21.8 Å². The summed E-state index contributed by atoms with van der Waals surface area (Å²) in [5.74, 6) is -1.32. The van der Waals surface area contributed by atoms with Crippen molar-refractivity contribution in [3.63, 3.8) is 0 Å². The first-order valence-corrected chi connectivity index (χ1v) is 10.0. The number of H-pyrrole nitrogens is 1. The normalized spacial score (nSPS) is 11.1. The fourth-order valence-electron chi connectivity index (χ4n) is 2.57. The number of aromatic nitrogens is 2. The van der Waals surface area contributed by atoms with Crippen LogP contribution in [-0.2, 0) is 10.0 Å². The highest BCUT2D eigenvalue weighted by molar-refractivity contribution is 7.92. The van der Waals surface area contributed by atoms with Gasteiger partial charge in [0.15, 0.2) is 5.69 Å². The van der Waals surface area contributed by atoms with Crippen LogP contribution in [0.3, 0.4) is 0 Å². The molecule has 0 saturated carbocycles. The summed E-state index contributed by atoms with van der Waals surface area (Å²) in [6.07, 6.45) is 0. The second kappa shape index (κ2) is 7.76. The molecule has 29 heavy (non-hydrogen) atoms. The predicted octanol–water partition coefficient (Wildman–Crippen LogP) is 2.18. The molecule has 0 aliphatic heterocycles. The molecular formula is C19H19N5O4S. The maximum absolute atomic E-state index is 12.5. The number of hydrogen-bond donors (Lipinski definition) is 4. The summed E-state index contributed by atoms with van der Waals surface area (Å²) in [6.45, 7) is 3.53. The third-order valence-electron chi connectivity index (χ3n) is 4.15. The first kappa shape index (κ1) is 20.1. The van der Waals surface area contributed by atoms with Crippen LogP contribution in [0.5, 0.6) is 0 Å². The van der Waals surface area contributed by atoms with Crippen molar-refractivity contribution < 1.29 is 18.0 Å². The van der Waals surface area contributed by atoms with Gasteiger partial charge in [-0.3, -0.25) is 19.4 Å². The lowest BCUT2D eigenvalue weighted by atomic mass is 10.2. The van der Waals surface area contributed by atoms with Crippen LogP contribution in [0.2, 0.25) is 0 Å². The van der Waals surface area contributed by atoms with Crippen LogP contribution >= 0.6 is 0 Å². The standard InChI is InChI=1S/C19H19N5O4S/c1-11-3-7-14(8-4-11)24-29(27,28)15-9-5-13(6-10-15)19(26)21-16-12(2)22-23-17(16)18(20)25/h3-10,24H,1-2H3,(H2,20,25)(H,21,26)(H,22,23). The zero-order chi connectivity index (χ0) is 21.2. The molecule has 0 fully saturated rings. The van der Waals surface area contributed by atoms with Crippen LogP contribution < -0.4 is 15.8 Å². The molecule has 9 nitrogen and oxygen atoms in total. The Morgan fingerprint density at radius 1 is 1.00 bits per heavy atom. The lowest BCUT2D eigenvalue weighted by Gasteiger charge is -2.09. The second-order valence-electron chi connectivity index (χ2n) is 6.39. The summed E-state index contributed by atoms with van der Waals surface area (Å²) < 4.78 is 27.5. The number of carbonyl (C=O) groups is 2. The maximum Gasteiger partial charge on any atom is 0.271 e. The number of nitrogens with two attached hydrogens (primary N) is 1. The summed E-state index contributed by atoms with van der Waals surface area (Å²) >= 11 is 0. The largest absolute Gasteiger partial charge is 0.364 e. The predicted molar refractivity (Wildman–Crippen MR) is 108 cm³/mol. The number of aromatic amines is 1. The van der Waals surface area contributed by atoms with Gasteiger partial charge in [-0.2, -0.15) is 5.10 Å². The molecule has 0 aliphatic rings. The van der Waals surface area contributed by atoms with Crippen LogP contribution in [0.15, 0.2) is 53.4 Å². The Kier molecular flexibility index (Phi) is 5.37. The van der Waals surface area contributed by atoms with E-state index in [0.717, 1.165) is 5.56 Å².